The molecule has 0 radical (unpaired) electrons. The molecule has 0 aromatic rings. The van der Waals surface area contributed by atoms with Gasteiger partial charge in [0.2, 0.25) is 0 Å². The average Bonchev–Trinajstić information content (AvgIpc) is 3.03. The molecule has 2 N–H and O–H groups in total. The highest BCUT2D eigenvalue weighted by molar-refractivity contribution is 5.74. The number of likely N-dealkylation sites (tertiary alicyclic amines) is 1. The summed E-state index contributed by atoms with van der Waals surface area (Å²) >= 11 is 0. The molecule has 0 aromatic carbocycles. The number of carbonyl (C=O) groups is 1. The van der Waals surface area contributed by atoms with Crippen LogP contribution in [0.25, 0.3) is 0 Å². The van der Waals surface area contributed by atoms with Crippen LogP contribution in [0.5, 0.6) is 0 Å². The van der Waals surface area contributed by atoms with Gasteiger partial charge in [-0.2, -0.15) is 0 Å². The summed E-state index contributed by atoms with van der Waals surface area (Å²) in [5.74, 6) is 0. The summed E-state index contributed by atoms with van der Waals surface area (Å²) in [6.07, 6.45) is 4.51. The summed E-state index contributed by atoms with van der Waals surface area (Å²) in [6.45, 7) is 4.96. The van der Waals surface area contributed by atoms with Crippen molar-refractivity contribution in [2.45, 2.75) is 44.7 Å². The van der Waals surface area contributed by atoms with Gasteiger partial charge in [-0.15, -0.1) is 0 Å². The van der Waals surface area contributed by atoms with E-state index in [1.165, 1.54) is 12.8 Å². The first-order valence-corrected chi connectivity index (χ1v) is 6.08. The molecule has 1 saturated heterocycles. The predicted molar refractivity (Wildman–Crippen MR) is 59.8 cm³/mol. The minimum absolute atomic E-state index is 0.146. The number of rotatable bonds is 3. The highest BCUT2D eigenvalue weighted by Gasteiger charge is 2.27. The van der Waals surface area contributed by atoms with Crippen molar-refractivity contribution >= 4 is 6.03 Å². The molecular formula is C11H21N3O. The third-order valence-corrected chi connectivity index (χ3v) is 3.18. The Morgan fingerprint density at radius 3 is 2.40 bits per heavy atom. The van der Waals surface area contributed by atoms with E-state index in [1.807, 2.05) is 4.90 Å². The Labute approximate surface area is 91.4 Å². The second-order valence-electron chi connectivity index (χ2n) is 4.54. The lowest BCUT2D eigenvalue weighted by atomic mass is 10.1. The summed E-state index contributed by atoms with van der Waals surface area (Å²) in [4.78, 5) is 13.7. The molecule has 15 heavy (non-hydrogen) atoms. The van der Waals surface area contributed by atoms with Crippen molar-refractivity contribution in [1.29, 1.82) is 0 Å². The molecule has 1 saturated carbocycles. The van der Waals surface area contributed by atoms with Crippen molar-refractivity contribution in [1.82, 2.24) is 15.5 Å². The zero-order chi connectivity index (χ0) is 10.7. The maximum absolute atomic E-state index is 11.7. The van der Waals surface area contributed by atoms with Crippen LogP contribution in [0.1, 0.15) is 32.6 Å². The van der Waals surface area contributed by atoms with Gasteiger partial charge in [-0.05, 0) is 32.2 Å². The fraction of sp³-hybridized carbons (Fsp3) is 0.909. The molecule has 0 atom stereocenters. The number of hydrogen-bond donors (Lipinski definition) is 2. The number of amides is 2. The summed E-state index contributed by atoms with van der Waals surface area (Å²) in [6, 6.07) is 1.23. The van der Waals surface area contributed by atoms with Crippen molar-refractivity contribution < 1.29 is 4.79 Å². The first-order valence-electron chi connectivity index (χ1n) is 6.08. The second kappa shape index (κ2) is 4.84. The Morgan fingerprint density at radius 2 is 1.87 bits per heavy atom. The normalized spacial score (nSPS) is 22.9. The molecule has 2 aliphatic rings. The Balaban J connectivity index is 1.69. The highest BCUT2D eigenvalue weighted by atomic mass is 16.2. The minimum atomic E-state index is 0.146. The molecule has 86 valence electrons. The molecule has 4 heteroatoms. The number of nitrogens with one attached hydrogen (secondary N) is 2. The van der Waals surface area contributed by atoms with Crippen LogP contribution in [0, 0.1) is 0 Å². The van der Waals surface area contributed by atoms with Crippen LogP contribution < -0.4 is 10.6 Å². The maximum Gasteiger partial charge on any atom is 0.317 e. The molecule has 1 aliphatic heterocycles. The van der Waals surface area contributed by atoms with E-state index >= 15 is 0 Å². The molecule has 4 nitrogen and oxygen atoms in total. The summed E-state index contributed by atoms with van der Waals surface area (Å²) in [5.41, 5.74) is 0. The van der Waals surface area contributed by atoms with Gasteiger partial charge in [-0.3, -0.25) is 0 Å². The number of nitrogens with zero attached hydrogens (tertiary/aromatic N) is 1. The van der Waals surface area contributed by atoms with Gasteiger partial charge in [-0.1, -0.05) is 6.92 Å². The van der Waals surface area contributed by atoms with Crippen LogP contribution in [0.4, 0.5) is 4.79 Å². The maximum atomic E-state index is 11.7. The van der Waals surface area contributed by atoms with E-state index in [2.05, 4.69) is 17.6 Å². The molecular weight excluding hydrogens is 190 g/mol. The standard InChI is InChI=1S/C11H21N3O/c1-2-12-9-5-7-14(8-6-9)11(15)13-10-3-4-10/h9-10,12H,2-8H2,1H3,(H,13,15). The van der Waals surface area contributed by atoms with Gasteiger partial charge in [0.05, 0.1) is 0 Å². The lowest BCUT2D eigenvalue weighted by molar-refractivity contribution is 0.176. The zero-order valence-electron chi connectivity index (χ0n) is 9.46. The average molecular weight is 211 g/mol. The van der Waals surface area contributed by atoms with Crippen molar-refractivity contribution in [3.05, 3.63) is 0 Å². The summed E-state index contributed by atoms with van der Waals surface area (Å²) in [7, 11) is 0. The number of urea groups is 1. The van der Waals surface area contributed by atoms with Crippen LogP contribution >= 0.6 is 0 Å². The van der Waals surface area contributed by atoms with Gasteiger partial charge in [0, 0.05) is 25.2 Å². The topological polar surface area (TPSA) is 44.4 Å². The monoisotopic (exact) mass is 211 g/mol. The van der Waals surface area contributed by atoms with Crippen LogP contribution in [0.3, 0.4) is 0 Å². The molecule has 2 fully saturated rings. The third kappa shape index (κ3) is 3.09. The van der Waals surface area contributed by atoms with E-state index in [1.54, 1.807) is 0 Å². The van der Waals surface area contributed by atoms with Crippen molar-refractivity contribution in [3.63, 3.8) is 0 Å². The minimum Gasteiger partial charge on any atom is -0.335 e. The molecule has 0 spiro atoms. The van der Waals surface area contributed by atoms with E-state index in [0.29, 0.717) is 12.1 Å². The Hall–Kier alpha value is -0.770. The molecule has 2 rings (SSSR count). The number of hydrogen-bond acceptors (Lipinski definition) is 2. The van der Waals surface area contributed by atoms with Gasteiger partial charge in [0.1, 0.15) is 0 Å². The molecule has 2 amide bonds. The second-order valence-corrected chi connectivity index (χ2v) is 4.54. The van der Waals surface area contributed by atoms with Gasteiger partial charge >= 0.3 is 6.03 Å². The van der Waals surface area contributed by atoms with Crippen molar-refractivity contribution in [2.75, 3.05) is 19.6 Å². The van der Waals surface area contributed by atoms with Gasteiger partial charge in [-0.25, -0.2) is 4.79 Å². The molecule has 0 unspecified atom stereocenters. The fourth-order valence-corrected chi connectivity index (χ4v) is 2.07. The predicted octanol–water partition coefficient (Wildman–Crippen LogP) is 0.932. The number of piperidine rings is 1. The highest BCUT2D eigenvalue weighted by Crippen LogP contribution is 2.19. The van der Waals surface area contributed by atoms with Crippen LogP contribution in [-0.4, -0.2) is 42.6 Å². The van der Waals surface area contributed by atoms with Crippen LogP contribution in [-0.2, 0) is 0 Å². The Bertz CT molecular complexity index is 220. The van der Waals surface area contributed by atoms with E-state index in [-0.39, 0.29) is 6.03 Å². The molecule has 0 bridgehead atoms. The molecule has 0 aromatic heterocycles. The van der Waals surface area contributed by atoms with Crippen molar-refractivity contribution in [2.24, 2.45) is 0 Å². The van der Waals surface area contributed by atoms with E-state index < -0.39 is 0 Å². The van der Waals surface area contributed by atoms with Gasteiger partial charge < -0.3 is 15.5 Å². The van der Waals surface area contributed by atoms with E-state index in [0.717, 1.165) is 32.5 Å². The van der Waals surface area contributed by atoms with Gasteiger partial charge in [0.15, 0.2) is 0 Å². The lowest BCUT2D eigenvalue weighted by Gasteiger charge is -2.32. The summed E-state index contributed by atoms with van der Waals surface area (Å²) in [5, 5.41) is 6.48. The van der Waals surface area contributed by atoms with Crippen LogP contribution in [0.15, 0.2) is 0 Å². The first-order chi connectivity index (χ1) is 7.29. The van der Waals surface area contributed by atoms with E-state index in [4.69, 9.17) is 0 Å². The number of carbonyl (C=O) groups excluding carboxylic acids is 1. The Morgan fingerprint density at radius 1 is 1.20 bits per heavy atom. The van der Waals surface area contributed by atoms with Crippen LogP contribution in [0.2, 0.25) is 0 Å². The van der Waals surface area contributed by atoms with Gasteiger partial charge in [0.25, 0.3) is 0 Å². The smallest absolute Gasteiger partial charge is 0.317 e. The third-order valence-electron chi connectivity index (χ3n) is 3.18. The fourth-order valence-electron chi connectivity index (χ4n) is 2.07. The summed E-state index contributed by atoms with van der Waals surface area (Å²) < 4.78 is 0. The molecule has 1 aliphatic carbocycles. The quantitative estimate of drug-likeness (QED) is 0.729. The molecule has 1 heterocycles. The van der Waals surface area contributed by atoms with Crippen molar-refractivity contribution in [3.8, 4) is 0 Å². The largest absolute Gasteiger partial charge is 0.335 e. The first kappa shape index (κ1) is 10.7. The lowest BCUT2D eigenvalue weighted by Crippen LogP contribution is -2.48. The SMILES string of the molecule is CCNC1CCN(C(=O)NC2CC2)CC1. The zero-order valence-corrected chi connectivity index (χ0v) is 9.46. The van der Waals surface area contributed by atoms with E-state index in [9.17, 15) is 4.79 Å². The Kier molecular flexibility index (Phi) is 3.46.